The minimum absolute atomic E-state index is 0.178. The van der Waals surface area contributed by atoms with Crippen LogP contribution in [0.25, 0.3) is 0 Å². The lowest BCUT2D eigenvalue weighted by Gasteiger charge is -2.35. The van der Waals surface area contributed by atoms with Crippen molar-refractivity contribution in [3.8, 4) is 0 Å². The molecule has 0 bridgehead atoms. The molecule has 0 saturated carbocycles. The van der Waals surface area contributed by atoms with Gasteiger partial charge in [0.05, 0.1) is 18.8 Å². The summed E-state index contributed by atoms with van der Waals surface area (Å²) in [7, 11) is 0. The summed E-state index contributed by atoms with van der Waals surface area (Å²) in [6.45, 7) is 16.2. The van der Waals surface area contributed by atoms with Crippen molar-refractivity contribution >= 4 is 17.7 Å². The van der Waals surface area contributed by atoms with Gasteiger partial charge in [-0.1, -0.05) is 24.3 Å². The van der Waals surface area contributed by atoms with E-state index in [4.69, 9.17) is 9.73 Å². The summed E-state index contributed by atoms with van der Waals surface area (Å²) in [4.78, 5) is 7.34. The molecule has 1 aromatic carbocycles. The van der Waals surface area contributed by atoms with E-state index in [2.05, 4.69) is 80.7 Å². The van der Waals surface area contributed by atoms with Gasteiger partial charge < -0.3 is 15.4 Å². The Kier molecular flexibility index (Phi) is 9.12. The van der Waals surface area contributed by atoms with Crippen LogP contribution in [0.15, 0.2) is 29.3 Å². The van der Waals surface area contributed by atoms with Crippen molar-refractivity contribution in [2.45, 2.75) is 64.7 Å². The normalized spacial score (nSPS) is 21.6. The predicted octanol–water partition coefficient (Wildman–Crippen LogP) is 3.49. The van der Waals surface area contributed by atoms with Crippen molar-refractivity contribution in [1.29, 1.82) is 0 Å². The molecular formula is C22H38N4OS. The number of morpholine rings is 1. The molecule has 2 N–H and O–H groups in total. The lowest BCUT2D eigenvalue weighted by atomic mass is 10.1. The van der Waals surface area contributed by atoms with E-state index in [1.54, 1.807) is 0 Å². The minimum atomic E-state index is 0.178. The van der Waals surface area contributed by atoms with Crippen molar-refractivity contribution in [2.75, 3.05) is 32.4 Å². The molecule has 1 heterocycles. The lowest BCUT2D eigenvalue weighted by molar-refractivity contribution is -0.0705. The largest absolute Gasteiger partial charge is 0.373 e. The van der Waals surface area contributed by atoms with E-state index in [-0.39, 0.29) is 4.75 Å². The molecule has 0 amide bonds. The highest BCUT2D eigenvalue weighted by molar-refractivity contribution is 7.99. The van der Waals surface area contributed by atoms with Crippen molar-refractivity contribution in [2.24, 2.45) is 4.99 Å². The van der Waals surface area contributed by atoms with E-state index in [1.165, 1.54) is 11.1 Å². The van der Waals surface area contributed by atoms with Crippen molar-refractivity contribution in [3.05, 3.63) is 35.4 Å². The number of hydrogen-bond acceptors (Lipinski definition) is 4. The summed E-state index contributed by atoms with van der Waals surface area (Å²) in [5, 5.41) is 6.85. The maximum absolute atomic E-state index is 5.87. The molecule has 0 aliphatic carbocycles. The summed E-state index contributed by atoms with van der Waals surface area (Å²) < 4.78 is 6.05. The summed E-state index contributed by atoms with van der Waals surface area (Å²) in [6.07, 6.45) is 2.73. The first-order valence-electron chi connectivity index (χ1n) is 10.3. The van der Waals surface area contributed by atoms with Crippen LogP contribution >= 0.6 is 11.8 Å². The Morgan fingerprint density at radius 2 is 1.82 bits per heavy atom. The summed E-state index contributed by atoms with van der Waals surface area (Å²) in [5.74, 6) is 0.882. The zero-order valence-electron chi connectivity index (χ0n) is 18.4. The zero-order valence-corrected chi connectivity index (χ0v) is 19.2. The molecule has 1 saturated heterocycles. The Morgan fingerprint density at radius 1 is 1.18 bits per heavy atom. The number of guanidine groups is 1. The van der Waals surface area contributed by atoms with Gasteiger partial charge in [-0.05, 0) is 52.0 Å². The maximum atomic E-state index is 5.87. The van der Waals surface area contributed by atoms with Crippen LogP contribution in [0, 0.1) is 0 Å². The average molecular weight is 407 g/mol. The third-order valence-electron chi connectivity index (χ3n) is 4.99. The maximum Gasteiger partial charge on any atom is 0.191 e. The van der Waals surface area contributed by atoms with Gasteiger partial charge in [-0.3, -0.25) is 4.90 Å². The molecule has 158 valence electrons. The molecule has 1 aliphatic heterocycles. The smallest absolute Gasteiger partial charge is 0.191 e. The molecular weight excluding hydrogens is 368 g/mol. The van der Waals surface area contributed by atoms with Gasteiger partial charge in [0, 0.05) is 37.5 Å². The molecule has 0 aromatic heterocycles. The highest BCUT2D eigenvalue weighted by Crippen LogP contribution is 2.20. The van der Waals surface area contributed by atoms with Gasteiger partial charge in [-0.15, -0.1) is 0 Å². The van der Waals surface area contributed by atoms with Gasteiger partial charge in [-0.2, -0.15) is 11.8 Å². The Labute approximate surface area is 175 Å². The topological polar surface area (TPSA) is 48.9 Å². The monoisotopic (exact) mass is 406 g/mol. The van der Waals surface area contributed by atoms with Crippen LogP contribution in [0.1, 0.15) is 45.7 Å². The fraction of sp³-hybridized carbons (Fsp3) is 0.682. The average Bonchev–Trinajstić information content (AvgIpc) is 2.64. The predicted molar refractivity (Wildman–Crippen MR) is 122 cm³/mol. The third kappa shape index (κ3) is 7.64. The van der Waals surface area contributed by atoms with Gasteiger partial charge in [0.15, 0.2) is 5.96 Å². The van der Waals surface area contributed by atoms with Crippen LogP contribution in [-0.4, -0.2) is 60.2 Å². The van der Waals surface area contributed by atoms with Gasteiger partial charge in [0.1, 0.15) is 0 Å². The number of thioether (sulfide) groups is 1. The summed E-state index contributed by atoms with van der Waals surface area (Å²) in [6, 6.07) is 8.66. The van der Waals surface area contributed by atoms with E-state index in [0.717, 1.165) is 38.7 Å². The molecule has 6 heteroatoms. The second-order valence-electron chi connectivity index (χ2n) is 8.23. The van der Waals surface area contributed by atoms with E-state index >= 15 is 0 Å². The zero-order chi connectivity index (χ0) is 20.6. The molecule has 2 atom stereocenters. The fourth-order valence-corrected chi connectivity index (χ4v) is 3.61. The Hall–Kier alpha value is -1.24. The van der Waals surface area contributed by atoms with Crippen molar-refractivity contribution in [1.82, 2.24) is 15.5 Å². The lowest BCUT2D eigenvalue weighted by Crippen LogP contribution is -2.45. The molecule has 2 rings (SSSR count). The highest BCUT2D eigenvalue weighted by Gasteiger charge is 2.22. The van der Waals surface area contributed by atoms with Gasteiger partial charge in [0.25, 0.3) is 0 Å². The van der Waals surface area contributed by atoms with Crippen LogP contribution in [0.5, 0.6) is 0 Å². The van der Waals surface area contributed by atoms with Gasteiger partial charge in [0.2, 0.25) is 0 Å². The summed E-state index contributed by atoms with van der Waals surface area (Å²) >= 11 is 1.86. The van der Waals surface area contributed by atoms with Crippen LogP contribution in [-0.2, 0) is 17.8 Å². The number of aliphatic imine (C=N–C) groups is 1. The van der Waals surface area contributed by atoms with Gasteiger partial charge >= 0.3 is 0 Å². The van der Waals surface area contributed by atoms with Crippen LogP contribution in [0.3, 0.4) is 0 Å². The Balaban J connectivity index is 2.04. The molecule has 1 aromatic rings. The fourth-order valence-electron chi connectivity index (χ4n) is 3.40. The molecule has 2 unspecified atom stereocenters. The van der Waals surface area contributed by atoms with E-state index in [9.17, 15) is 0 Å². The van der Waals surface area contributed by atoms with Crippen LogP contribution < -0.4 is 10.6 Å². The van der Waals surface area contributed by atoms with E-state index in [1.807, 2.05) is 11.8 Å². The van der Waals surface area contributed by atoms with Crippen molar-refractivity contribution in [3.63, 3.8) is 0 Å². The second-order valence-corrected chi connectivity index (χ2v) is 9.75. The number of ether oxygens (including phenoxy) is 1. The number of hydrogen-bond donors (Lipinski definition) is 2. The second kappa shape index (κ2) is 11.1. The molecule has 0 radical (unpaired) electrons. The molecule has 1 fully saturated rings. The third-order valence-corrected chi connectivity index (χ3v) is 6.24. The molecule has 0 spiro atoms. The molecule has 1 aliphatic rings. The first-order valence-corrected chi connectivity index (χ1v) is 11.6. The Bertz CT molecular complexity index is 625. The van der Waals surface area contributed by atoms with Crippen LogP contribution in [0.2, 0.25) is 0 Å². The van der Waals surface area contributed by atoms with E-state index < -0.39 is 0 Å². The number of rotatable bonds is 8. The van der Waals surface area contributed by atoms with Crippen LogP contribution in [0.4, 0.5) is 0 Å². The number of benzene rings is 1. The van der Waals surface area contributed by atoms with E-state index in [0.29, 0.717) is 18.8 Å². The summed E-state index contributed by atoms with van der Waals surface area (Å²) in [5.41, 5.74) is 2.64. The molecule has 5 nitrogen and oxygen atoms in total. The highest BCUT2D eigenvalue weighted by atomic mass is 32.2. The standard InChI is InChI=1S/C22H38N4OS/c1-7-23-21(25-16-22(4,5)28-6)24-12-19-10-8-9-11-20(19)15-26-13-17(2)27-18(3)14-26/h8-11,17-18H,7,12-16H2,1-6H3,(H2,23,24,25). The SMILES string of the molecule is CCNC(=NCc1ccccc1CN1CC(C)OC(C)C1)NCC(C)(C)SC. The van der Waals surface area contributed by atoms with Gasteiger partial charge in [-0.25, -0.2) is 4.99 Å². The molecule has 28 heavy (non-hydrogen) atoms. The first-order chi connectivity index (χ1) is 13.3. The Morgan fingerprint density at radius 3 is 2.43 bits per heavy atom. The first kappa shape index (κ1) is 23.0. The van der Waals surface area contributed by atoms with Crippen molar-refractivity contribution < 1.29 is 4.74 Å². The number of nitrogens with zero attached hydrogens (tertiary/aromatic N) is 2. The quantitative estimate of drug-likeness (QED) is 0.511. The number of nitrogens with one attached hydrogen (secondary N) is 2. The minimum Gasteiger partial charge on any atom is -0.373 e.